The summed E-state index contributed by atoms with van der Waals surface area (Å²) >= 11 is 0. The van der Waals surface area contributed by atoms with Gasteiger partial charge < -0.3 is 15.1 Å². The first-order valence-corrected chi connectivity index (χ1v) is 8.42. The van der Waals surface area contributed by atoms with Gasteiger partial charge in [-0.05, 0) is 37.1 Å². The van der Waals surface area contributed by atoms with Gasteiger partial charge in [0.25, 0.3) is 11.8 Å². The van der Waals surface area contributed by atoms with Crippen LogP contribution in [0.5, 0.6) is 0 Å². The van der Waals surface area contributed by atoms with Gasteiger partial charge in [-0.2, -0.15) is 0 Å². The fourth-order valence-corrected chi connectivity index (χ4v) is 2.66. The van der Waals surface area contributed by atoms with Gasteiger partial charge in [0.15, 0.2) is 0 Å². The molecule has 0 spiro atoms. The highest BCUT2D eigenvalue weighted by Gasteiger charge is 2.16. The van der Waals surface area contributed by atoms with Crippen LogP contribution in [0.4, 0.5) is 5.69 Å². The quantitative estimate of drug-likeness (QED) is 0.711. The third-order valence-electron chi connectivity index (χ3n) is 4.07. The molecule has 0 aliphatic heterocycles. The largest absolute Gasteiger partial charge is 0.469 e. The molecule has 3 rings (SSSR count). The number of furan rings is 1. The van der Waals surface area contributed by atoms with Gasteiger partial charge in [-0.3, -0.25) is 9.59 Å². The first-order chi connectivity index (χ1) is 12.6. The zero-order valence-corrected chi connectivity index (χ0v) is 14.5. The molecular weight excluding hydrogens is 328 g/mol. The van der Waals surface area contributed by atoms with E-state index in [4.69, 9.17) is 4.42 Å². The molecule has 0 atom stereocenters. The Morgan fingerprint density at radius 1 is 0.885 bits per heavy atom. The van der Waals surface area contributed by atoms with E-state index >= 15 is 0 Å². The second kappa shape index (κ2) is 8.16. The highest BCUT2D eigenvalue weighted by molar-refractivity contribution is 6.09. The molecule has 1 aromatic heterocycles. The number of nitrogens with one attached hydrogen (secondary N) is 2. The normalized spacial score (nSPS) is 10.3. The van der Waals surface area contributed by atoms with Crippen LogP contribution in [0.3, 0.4) is 0 Å². The minimum Gasteiger partial charge on any atom is -0.469 e. The molecule has 0 aliphatic rings. The van der Waals surface area contributed by atoms with Gasteiger partial charge in [0.1, 0.15) is 5.76 Å². The lowest BCUT2D eigenvalue weighted by Crippen LogP contribution is -2.27. The molecule has 5 nitrogen and oxygen atoms in total. The van der Waals surface area contributed by atoms with E-state index in [0.29, 0.717) is 29.1 Å². The highest BCUT2D eigenvalue weighted by atomic mass is 16.3. The molecule has 0 unspecified atom stereocenters. The van der Waals surface area contributed by atoms with Crippen LogP contribution < -0.4 is 10.6 Å². The summed E-state index contributed by atoms with van der Waals surface area (Å²) in [5.74, 6) is 0.00817. The van der Waals surface area contributed by atoms with Gasteiger partial charge in [-0.25, -0.2) is 0 Å². The van der Waals surface area contributed by atoms with Crippen molar-refractivity contribution in [3.05, 3.63) is 89.4 Å². The van der Waals surface area contributed by atoms with Crippen molar-refractivity contribution in [3.63, 3.8) is 0 Å². The number of amides is 2. The molecule has 0 fully saturated rings. The molecule has 0 bridgehead atoms. The third kappa shape index (κ3) is 4.19. The molecule has 5 heteroatoms. The summed E-state index contributed by atoms with van der Waals surface area (Å²) in [5, 5.41) is 5.68. The van der Waals surface area contributed by atoms with Crippen molar-refractivity contribution in [1.82, 2.24) is 5.32 Å². The fourth-order valence-electron chi connectivity index (χ4n) is 2.66. The molecule has 0 saturated heterocycles. The Balaban J connectivity index is 1.65. The van der Waals surface area contributed by atoms with Gasteiger partial charge >= 0.3 is 0 Å². The van der Waals surface area contributed by atoms with Gasteiger partial charge in [-0.1, -0.05) is 42.5 Å². The van der Waals surface area contributed by atoms with Crippen LogP contribution in [0.2, 0.25) is 0 Å². The van der Waals surface area contributed by atoms with Crippen LogP contribution in [-0.2, 0) is 6.42 Å². The van der Waals surface area contributed by atoms with Gasteiger partial charge in [0, 0.05) is 6.54 Å². The first kappa shape index (κ1) is 17.5. The van der Waals surface area contributed by atoms with Gasteiger partial charge in [0.05, 0.1) is 23.1 Å². The molecule has 3 aromatic rings. The van der Waals surface area contributed by atoms with Crippen LogP contribution in [0, 0.1) is 6.92 Å². The standard InChI is InChI=1S/C21H20N2O3/c1-15-17(12-14-26-15)21(25)23-19-10-6-5-9-18(19)20(24)22-13-11-16-7-3-2-4-8-16/h2-10,12,14H,11,13H2,1H3,(H,22,24)(H,23,25). The summed E-state index contributed by atoms with van der Waals surface area (Å²) in [5.41, 5.74) is 2.50. The molecule has 0 radical (unpaired) electrons. The van der Waals surface area contributed by atoms with Crippen LogP contribution in [0.1, 0.15) is 32.0 Å². The van der Waals surface area contributed by atoms with Crippen molar-refractivity contribution < 1.29 is 14.0 Å². The summed E-state index contributed by atoms with van der Waals surface area (Å²) < 4.78 is 5.16. The van der Waals surface area contributed by atoms with E-state index in [1.807, 2.05) is 30.3 Å². The number of benzene rings is 2. The van der Waals surface area contributed by atoms with Crippen molar-refractivity contribution in [1.29, 1.82) is 0 Å². The van der Waals surface area contributed by atoms with E-state index in [1.165, 1.54) is 6.26 Å². The maximum atomic E-state index is 12.5. The number of para-hydroxylation sites is 1. The summed E-state index contributed by atoms with van der Waals surface area (Å²) in [6, 6.07) is 18.5. The predicted molar refractivity (Wildman–Crippen MR) is 100 cm³/mol. The van der Waals surface area contributed by atoms with Gasteiger partial charge in [-0.15, -0.1) is 0 Å². The number of rotatable bonds is 6. The minimum absolute atomic E-state index is 0.222. The van der Waals surface area contributed by atoms with Crippen molar-refractivity contribution >= 4 is 17.5 Å². The predicted octanol–water partition coefficient (Wildman–Crippen LogP) is 3.81. The van der Waals surface area contributed by atoms with Crippen LogP contribution >= 0.6 is 0 Å². The van der Waals surface area contributed by atoms with Crippen molar-refractivity contribution in [2.75, 3.05) is 11.9 Å². The first-order valence-electron chi connectivity index (χ1n) is 8.42. The Bertz CT molecular complexity index is 900. The molecular formula is C21H20N2O3. The van der Waals surface area contributed by atoms with Crippen LogP contribution in [0.15, 0.2) is 71.3 Å². The van der Waals surface area contributed by atoms with E-state index in [-0.39, 0.29) is 11.8 Å². The van der Waals surface area contributed by atoms with Crippen molar-refractivity contribution in [2.45, 2.75) is 13.3 Å². The fraction of sp³-hybridized carbons (Fsp3) is 0.143. The number of hydrogen-bond acceptors (Lipinski definition) is 3. The lowest BCUT2D eigenvalue weighted by atomic mass is 10.1. The van der Waals surface area contributed by atoms with Crippen molar-refractivity contribution in [2.24, 2.45) is 0 Å². The Kier molecular flexibility index (Phi) is 5.49. The lowest BCUT2D eigenvalue weighted by molar-refractivity contribution is 0.0955. The maximum Gasteiger partial charge on any atom is 0.259 e. The van der Waals surface area contributed by atoms with E-state index in [9.17, 15) is 9.59 Å². The Hall–Kier alpha value is -3.34. The monoisotopic (exact) mass is 348 g/mol. The van der Waals surface area contributed by atoms with Crippen LogP contribution in [-0.4, -0.2) is 18.4 Å². The summed E-state index contributed by atoms with van der Waals surface area (Å²) in [4.78, 5) is 24.9. The van der Waals surface area contributed by atoms with Crippen molar-refractivity contribution in [3.8, 4) is 0 Å². The molecule has 2 aromatic carbocycles. The Morgan fingerprint density at radius 2 is 1.62 bits per heavy atom. The average Bonchev–Trinajstić information content (AvgIpc) is 3.09. The summed E-state index contributed by atoms with van der Waals surface area (Å²) in [6.07, 6.45) is 2.21. The smallest absolute Gasteiger partial charge is 0.259 e. The zero-order chi connectivity index (χ0) is 18.4. The molecule has 2 amide bonds. The number of anilines is 1. The van der Waals surface area contributed by atoms with E-state index in [0.717, 1.165) is 12.0 Å². The summed E-state index contributed by atoms with van der Waals surface area (Å²) in [7, 11) is 0. The molecule has 0 saturated carbocycles. The van der Waals surface area contributed by atoms with Crippen LogP contribution in [0.25, 0.3) is 0 Å². The number of aryl methyl sites for hydroxylation is 1. The molecule has 2 N–H and O–H groups in total. The minimum atomic E-state index is -0.305. The maximum absolute atomic E-state index is 12.5. The molecule has 0 aliphatic carbocycles. The number of hydrogen-bond donors (Lipinski definition) is 2. The second-order valence-electron chi connectivity index (χ2n) is 5.88. The summed E-state index contributed by atoms with van der Waals surface area (Å²) in [6.45, 7) is 2.24. The molecule has 132 valence electrons. The SMILES string of the molecule is Cc1occc1C(=O)Nc1ccccc1C(=O)NCCc1ccccc1. The Morgan fingerprint density at radius 3 is 2.35 bits per heavy atom. The van der Waals surface area contributed by atoms with E-state index in [1.54, 1.807) is 37.3 Å². The number of carbonyl (C=O) groups is 2. The second-order valence-corrected chi connectivity index (χ2v) is 5.88. The Labute approximate surface area is 152 Å². The number of carbonyl (C=O) groups excluding carboxylic acids is 2. The molecule has 1 heterocycles. The zero-order valence-electron chi connectivity index (χ0n) is 14.5. The topological polar surface area (TPSA) is 71.3 Å². The van der Waals surface area contributed by atoms with E-state index < -0.39 is 0 Å². The third-order valence-corrected chi connectivity index (χ3v) is 4.07. The lowest BCUT2D eigenvalue weighted by Gasteiger charge is -2.11. The highest BCUT2D eigenvalue weighted by Crippen LogP contribution is 2.18. The van der Waals surface area contributed by atoms with E-state index in [2.05, 4.69) is 10.6 Å². The average molecular weight is 348 g/mol. The molecule has 26 heavy (non-hydrogen) atoms. The van der Waals surface area contributed by atoms with Gasteiger partial charge in [0.2, 0.25) is 0 Å².